The van der Waals surface area contributed by atoms with Crippen molar-refractivity contribution in [3.63, 3.8) is 0 Å². The number of benzene rings is 4. The van der Waals surface area contributed by atoms with Crippen molar-refractivity contribution >= 4 is 34.4 Å². The topological polar surface area (TPSA) is 128 Å². The van der Waals surface area contributed by atoms with Gasteiger partial charge in [-0.05, 0) is 80.8 Å². The predicted molar refractivity (Wildman–Crippen MR) is 175 cm³/mol. The molecule has 0 fully saturated rings. The summed E-state index contributed by atoms with van der Waals surface area (Å²) < 4.78 is 5.46. The fourth-order valence-electron chi connectivity index (χ4n) is 5.31. The number of hydrogen-bond donors (Lipinski definition) is 4. The van der Waals surface area contributed by atoms with E-state index in [1.165, 1.54) is 17.0 Å². The van der Waals surface area contributed by atoms with Crippen LogP contribution in [0.2, 0.25) is 0 Å². The lowest BCUT2D eigenvalue weighted by atomic mass is 9.97. The Labute approximate surface area is 263 Å². The lowest BCUT2D eigenvalue weighted by Crippen LogP contribution is -2.53. The molecule has 0 spiro atoms. The zero-order chi connectivity index (χ0) is 32.7. The van der Waals surface area contributed by atoms with E-state index in [0.29, 0.717) is 16.8 Å². The molecule has 0 aliphatic carbocycles. The number of phenols is 1. The normalized spacial score (nSPS) is 12.7. The first-order valence-corrected chi connectivity index (χ1v) is 14.9. The molecule has 4 aromatic rings. The number of alkyl carbamates (subject to hydrolysis) is 1. The van der Waals surface area contributed by atoms with E-state index in [9.17, 15) is 24.6 Å². The summed E-state index contributed by atoms with van der Waals surface area (Å²) in [7, 11) is 0. The number of hydrogen-bond acceptors (Lipinski definition) is 6. The molecule has 0 saturated heterocycles. The van der Waals surface area contributed by atoms with Gasteiger partial charge in [0, 0.05) is 18.7 Å². The molecule has 4 N–H and O–H groups in total. The van der Waals surface area contributed by atoms with E-state index in [1.807, 2.05) is 68.4 Å². The Balaban J connectivity index is 1.75. The average molecular weight is 612 g/mol. The van der Waals surface area contributed by atoms with Crippen LogP contribution >= 0.6 is 0 Å². The van der Waals surface area contributed by atoms with Crippen molar-refractivity contribution < 1.29 is 29.3 Å². The SMILES string of the molecule is Cc1cc(C)cc(C(C(=O)Nc2ccc3ccccc3c2)N(CCO)C(=O)C(Cc2ccc(O)cc2)NC(=O)OC(C)(C)C)c1. The molecule has 2 unspecified atom stereocenters. The third-order valence-corrected chi connectivity index (χ3v) is 7.13. The number of fused-ring (bicyclic) bond motifs is 1. The van der Waals surface area contributed by atoms with Crippen LogP contribution in [0.3, 0.4) is 0 Å². The lowest BCUT2D eigenvalue weighted by molar-refractivity contribution is -0.141. The molecule has 0 saturated carbocycles. The molecule has 9 nitrogen and oxygen atoms in total. The average Bonchev–Trinajstić information content (AvgIpc) is 2.96. The number of aliphatic hydroxyl groups is 1. The number of nitrogens with zero attached hydrogens (tertiary/aromatic N) is 1. The van der Waals surface area contributed by atoms with E-state index < -0.39 is 42.2 Å². The van der Waals surface area contributed by atoms with Gasteiger partial charge in [0.05, 0.1) is 6.61 Å². The highest BCUT2D eigenvalue weighted by atomic mass is 16.6. The molecule has 0 aliphatic heterocycles. The highest BCUT2D eigenvalue weighted by Crippen LogP contribution is 2.28. The third-order valence-electron chi connectivity index (χ3n) is 7.13. The van der Waals surface area contributed by atoms with Gasteiger partial charge in [0.2, 0.25) is 5.91 Å². The van der Waals surface area contributed by atoms with Crippen LogP contribution in [0.1, 0.15) is 49.1 Å². The fourth-order valence-corrected chi connectivity index (χ4v) is 5.31. The van der Waals surface area contributed by atoms with Gasteiger partial charge in [0.15, 0.2) is 0 Å². The predicted octanol–water partition coefficient (Wildman–Crippen LogP) is 5.80. The zero-order valence-corrected chi connectivity index (χ0v) is 26.3. The zero-order valence-electron chi connectivity index (χ0n) is 26.3. The summed E-state index contributed by atoms with van der Waals surface area (Å²) in [5.74, 6) is -0.998. The number of nitrogens with one attached hydrogen (secondary N) is 2. The molecule has 0 radical (unpaired) electrons. The summed E-state index contributed by atoms with van der Waals surface area (Å²) in [6.45, 7) is 8.37. The summed E-state index contributed by atoms with van der Waals surface area (Å²) in [6, 6.07) is 23.0. The van der Waals surface area contributed by atoms with Crippen molar-refractivity contribution in [2.24, 2.45) is 0 Å². The smallest absolute Gasteiger partial charge is 0.408 e. The number of amides is 3. The molecule has 3 amide bonds. The van der Waals surface area contributed by atoms with Gasteiger partial charge in [-0.3, -0.25) is 9.59 Å². The van der Waals surface area contributed by atoms with Gasteiger partial charge in [0.25, 0.3) is 5.91 Å². The summed E-state index contributed by atoms with van der Waals surface area (Å²) in [4.78, 5) is 42.9. The maximum absolute atomic E-state index is 14.4. The number of ether oxygens (including phenoxy) is 1. The van der Waals surface area contributed by atoms with E-state index in [0.717, 1.165) is 21.9 Å². The molecule has 9 heteroatoms. The molecule has 0 bridgehead atoms. The molecular weight excluding hydrogens is 570 g/mol. The van der Waals surface area contributed by atoms with Crippen molar-refractivity contribution in [3.8, 4) is 5.75 Å². The Hall–Kier alpha value is -4.89. The fraction of sp³-hybridized carbons (Fsp3) is 0.306. The Morgan fingerprint density at radius 3 is 2.13 bits per heavy atom. The minimum absolute atomic E-state index is 0.0478. The number of carbonyl (C=O) groups excluding carboxylic acids is 3. The minimum Gasteiger partial charge on any atom is -0.508 e. The van der Waals surface area contributed by atoms with Crippen LogP contribution in [0.4, 0.5) is 10.5 Å². The first-order valence-electron chi connectivity index (χ1n) is 14.9. The second kappa shape index (κ2) is 14.3. The van der Waals surface area contributed by atoms with Crippen LogP contribution in [-0.4, -0.2) is 57.8 Å². The molecule has 2 atom stereocenters. The quantitative estimate of drug-likeness (QED) is 0.180. The first-order chi connectivity index (χ1) is 21.3. The number of aryl methyl sites for hydroxylation is 2. The van der Waals surface area contributed by atoms with Gasteiger partial charge >= 0.3 is 6.09 Å². The maximum atomic E-state index is 14.4. The number of rotatable bonds is 10. The second-order valence-electron chi connectivity index (χ2n) is 12.2. The maximum Gasteiger partial charge on any atom is 0.408 e. The van der Waals surface area contributed by atoms with Gasteiger partial charge < -0.3 is 30.5 Å². The largest absolute Gasteiger partial charge is 0.508 e. The second-order valence-corrected chi connectivity index (χ2v) is 12.2. The van der Waals surface area contributed by atoms with Crippen LogP contribution in [-0.2, 0) is 20.7 Å². The Morgan fingerprint density at radius 2 is 1.51 bits per heavy atom. The number of anilines is 1. The van der Waals surface area contributed by atoms with E-state index in [2.05, 4.69) is 10.6 Å². The number of phenolic OH excluding ortho intramolecular Hbond substituents is 1. The van der Waals surface area contributed by atoms with Gasteiger partial charge in [-0.25, -0.2) is 4.79 Å². The van der Waals surface area contributed by atoms with Gasteiger partial charge in [-0.1, -0.05) is 71.8 Å². The third kappa shape index (κ3) is 9.06. The number of aliphatic hydroxyl groups excluding tert-OH is 1. The highest BCUT2D eigenvalue weighted by molar-refractivity contribution is 6.00. The number of carbonyl (C=O) groups is 3. The van der Waals surface area contributed by atoms with Crippen LogP contribution in [0.5, 0.6) is 5.75 Å². The van der Waals surface area contributed by atoms with Crippen LogP contribution in [0, 0.1) is 13.8 Å². The van der Waals surface area contributed by atoms with Crippen molar-refractivity contribution in [2.75, 3.05) is 18.5 Å². The van der Waals surface area contributed by atoms with Crippen LogP contribution in [0.25, 0.3) is 10.8 Å². The molecular formula is C36H41N3O6. The summed E-state index contributed by atoms with van der Waals surface area (Å²) in [5.41, 5.74) is 2.76. The lowest BCUT2D eigenvalue weighted by Gasteiger charge is -2.34. The van der Waals surface area contributed by atoms with Crippen molar-refractivity contribution in [2.45, 2.75) is 58.7 Å². The molecule has 236 valence electrons. The summed E-state index contributed by atoms with van der Waals surface area (Å²) in [5, 5.41) is 27.6. The van der Waals surface area contributed by atoms with Crippen molar-refractivity contribution in [3.05, 3.63) is 107 Å². The Bertz CT molecular complexity index is 1640. The monoisotopic (exact) mass is 611 g/mol. The van der Waals surface area contributed by atoms with Gasteiger partial charge in [-0.2, -0.15) is 0 Å². The van der Waals surface area contributed by atoms with Crippen molar-refractivity contribution in [1.82, 2.24) is 10.2 Å². The Kier molecular flexibility index (Phi) is 10.5. The number of aromatic hydroxyl groups is 1. The Morgan fingerprint density at radius 1 is 0.867 bits per heavy atom. The van der Waals surface area contributed by atoms with E-state index >= 15 is 0 Å². The molecule has 45 heavy (non-hydrogen) atoms. The highest BCUT2D eigenvalue weighted by Gasteiger charge is 2.36. The standard InChI is InChI=1S/C36H41N3O6/c1-23-18-24(2)20-28(19-23)32(33(42)37-29-13-12-26-8-6-7-9-27(26)22-29)39(16-17-40)34(43)31(38-35(44)45-36(3,4)5)21-25-10-14-30(41)15-11-25/h6-15,18-20,22,31-32,40-41H,16-17,21H2,1-5H3,(H,37,42)(H,38,44). The van der Waals surface area contributed by atoms with Crippen LogP contribution in [0.15, 0.2) is 84.9 Å². The van der Waals surface area contributed by atoms with Crippen molar-refractivity contribution in [1.29, 1.82) is 0 Å². The molecule has 4 rings (SSSR count). The summed E-state index contributed by atoms with van der Waals surface area (Å²) in [6.07, 6.45) is -0.751. The van der Waals surface area contributed by atoms with E-state index in [-0.39, 0.29) is 18.7 Å². The molecule has 0 heterocycles. The van der Waals surface area contributed by atoms with Gasteiger partial charge in [0.1, 0.15) is 23.4 Å². The molecule has 0 aliphatic rings. The van der Waals surface area contributed by atoms with E-state index in [1.54, 1.807) is 39.0 Å². The van der Waals surface area contributed by atoms with Gasteiger partial charge in [-0.15, -0.1) is 0 Å². The van der Waals surface area contributed by atoms with E-state index in [4.69, 9.17) is 4.74 Å². The summed E-state index contributed by atoms with van der Waals surface area (Å²) >= 11 is 0. The van der Waals surface area contributed by atoms with Crippen LogP contribution < -0.4 is 10.6 Å². The first kappa shape index (κ1) is 33.0. The minimum atomic E-state index is -1.15. The molecule has 0 aromatic heterocycles. The molecule has 4 aromatic carbocycles.